The smallest absolute Gasteiger partial charge is 0.408 e. The zero-order valence-electron chi connectivity index (χ0n) is 18.6. The van der Waals surface area contributed by atoms with E-state index in [1.165, 1.54) is 17.7 Å². The van der Waals surface area contributed by atoms with E-state index in [0.717, 1.165) is 24.8 Å². The normalized spacial score (nSPS) is 16.4. The van der Waals surface area contributed by atoms with Crippen molar-refractivity contribution in [2.75, 3.05) is 0 Å². The number of hydrogen-bond acceptors (Lipinski definition) is 5. The minimum Gasteiger partial charge on any atom is -0.444 e. The van der Waals surface area contributed by atoms with Crippen LogP contribution in [-0.2, 0) is 22.4 Å². The van der Waals surface area contributed by atoms with E-state index in [1.807, 2.05) is 18.2 Å². The van der Waals surface area contributed by atoms with Crippen LogP contribution in [0.5, 0.6) is 0 Å². The van der Waals surface area contributed by atoms with Crippen LogP contribution in [0.1, 0.15) is 56.3 Å². The van der Waals surface area contributed by atoms with Gasteiger partial charge in [-0.05, 0) is 56.7 Å². The number of non-ortho nitro benzene ring substituents is 1. The van der Waals surface area contributed by atoms with Crippen LogP contribution in [0.25, 0.3) is 0 Å². The Kier molecular flexibility index (Phi) is 7.12. The molecule has 0 radical (unpaired) electrons. The number of alkyl carbamates (subject to hydrolysis) is 1. The molecule has 1 aliphatic rings. The third-order valence-electron chi connectivity index (χ3n) is 5.28. The van der Waals surface area contributed by atoms with Gasteiger partial charge < -0.3 is 15.4 Å². The molecule has 0 aromatic heterocycles. The highest BCUT2D eigenvalue weighted by atomic mass is 16.6. The number of rotatable bonds is 6. The highest BCUT2D eigenvalue weighted by Gasteiger charge is 2.28. The van der Waals surface area contributed by atoms with Gasteiger partial charge in [0.1, 0.15) is 11.6 Å². The second kappa shape index (κ2) is 9.80. The molecule has 0 aliphatic heterocycles. The molecule has 0 saturated heterocycles. The Morgan fingerprint density at radius 2 is 1.84 bits per heavy atom. The molecule has 2 amide bonds. The van der Waals surface area contributed by atoms with Crippen molar-refractivity contribution in [3.63, 3.8) is 0 Å². The average molecular weight is 440 g/mol. The van der Waals surface area contributed by atoms with Crippen LogP contribution in [0.3, 0.4) is 0 Å². The Bertz CT molecular complexity index is 982. The second-order valence-corrected chi connectivity index (χ2v) is 8.98. The summed E-state index contributed by atoms with van der Waals surface area (Å²) in [5.74, 6) is -0.323. The van der Waals surface area contributed by atoms with E-state index in [0.29, 0.717) is 5.56 Å². The van der Waals surface area contributed by atoms with Gasteiger partial charge in [0, 0.05) is 18.6 Å². The summed E-state index contributed by atoms with van der Waals surface area (Å²) in [7, 11) is 0. The van der Waals surface area contributed by atoms with Gasteiger partial charge in [-0.15, -0.1) is 0 Å². The van der Waals surface area contributed by atoms with Crippen molar-refractivity contribution in [1.29, 1.82) is 0 Å². The Morgan fingerprint density at radius 3 is 2.50 bits per heavy atom. The Hall–Kier alpha value is -3.42. The Labute approximate surface area is 187 Å². The van der Waals surface area contributed by atoms with Crippen molar-refractivity contribution in [2.24, 2.45) is 0 Å². The third-order valence-corrected chi connectivity index (χ3v) is 5.28. The first-order valence-electron chi connectivity index (χ1n) is 10.7. The number of ether oxygens (including phenoxy) is 1. The fourth-order valence-electron chi connectivity index (χ4n) is 3.82. The maximum Gasteiger partial charge on any atom is 0.408 e. The molecule has 1 aliphatic carbocycles. The summed E-state index contributed by atoms with van der Waals surface area (Å²) in [6, 6.07) is 13.0. The van der Waals surface area contributed by atoms with Crippen LogP contribution in [0.15, 0.2) is 48.5 Å². The second-order valence-electron chi connectivity index (χ2n) is 8.98. The van der Waals surface area contributed by atoms with Crippen LogP contribution in [0.4, 0.5) is 10.5 Å². The molecule has 2 unspecified atom stereocenters. The molecule has 2 N–H and O–H groups in total. The summed E-state index contributed by atoms with van der Waals surface area (Å²) in [5, 5.41) is 16.7. The highest BCUT2D eigenvalue weighted by molar-refractivity contribution is 5.86. The summed E-state index contributed by atoms with van der Waals surface area (Å²) in [4.78, 5) is 36.0. The van der Waals surface area contributed by atoms with Crippen molar-refractivity contribution in [1.82, 2.24) is 10.6 Å². The molecule has 0 saturated carbocycles. The maximum absolute atomic E-state index is 13.2. The molecule has 2 aromatic carbocycles. The summed E-state index contributed by atoms with van der Waals surface area (Å²) in [6.45, 7) is 5.24. The van der Waals surface area contributed by atoms with Crippen molar-refractivity contribution < 1.29 is 19.2 Å². The monoisotopic (exact) mass is 439 g/mol. The lowest BCUT2D eigenvalue weighted by atomic mass is 9.87. The SMILES string of the molecule is CC(C)(C)OC(=O)NC(Cc1ccc([N+](=O)[O-])cc1)C(=O)NC1CCCc2ccccc21. The van der Waals surface area contributed by atoms with Gasteiger partial charge in [0.2, 0.25) is 5.91 Å². The summed E-state index contributed by atoms with van der Waals surface area (Å²) in [6.07, 6.45) is 2.25. The van der Waals surface area contributed by atoms with Crippen LogP contribution < -0.4 is 10.6 Å². The van der Waals surface area contributed by atoms with Crippen molar-refractivity contribution in [3.05, 3.63) is 75.3 Å². The predicted octanol–water partition coefficient (Wildman–Crippen LogP) is 4.22. The van der Waals surface area contributed by atoms with Gasteiger partial charge >= 0.3 is 6.09 Å². The molecule has 0 spiro atoms. The topological polar surface area (TPSA) is 111 Å². The summed E-state index contributed by atoms with van der Waals surface area (Å²) < 4.78 is 5.33. The largest absolute Gasteiger partial charge is 0.444 e. The lowest BCUT2D eigenvalue weighted by molar-refractivity contribution is -0.384. The van der Waals surface area contributed by atoms with E-state index in [4.69, 9.17) is 4.74 Å². The number of carbonyl (C=O) groups excluding carboxylic acids is 2. The van der Waals surface area contributed by atoms with Gasteiger partial charge in [-0.2, -0.15) is 0 Å². The molecule has 0 bridgehead atoms. The molecule has 8 nitrogen and oxygen atoms in total. The fraction of sp³-hybridized carbons (Fsp3) is 0.417. The van der Waals surface area contributed by atoms with Crippen LogP contribution in [0, 0.1) is 10.1 Å². The number of nitro benzene ring substituents is 1. The van der Waals surface area contributed by atoms with Gasteiger partial charge in [0.05, 0.1) is 11.0 Å². The van der Waals surface area contributed by atoms with Crippen molar-refractivity contribution >= 4 is 17.7 Å². The molecule has 2 aromatic rings. The maximum atomic E-state index is 13.2. The first-order valence-corrected chi connectivity index (χ1v) is 10.7. The van der Waals surface area contributed by atoms with E-state index < -0.39 is 22.7 Å². The van der Waals surface area contributed by atoms with E-state index in [-0.39, 0.29) is 24.1 Å². The first-order chi connectivity index (χ1) is 15.1. The Morgan fingerprint density at radius 1 is 1.16 bits per heavy atom. The molecule has 2 atom stereocenters. The van der Waals surface area contributed by atoms with Crippen molar-refractivity contribution in [3.8, 4) is 0 Å². The molecule has 0 heterocycles. The molecule has 32 heavy (non-hydrogen) atoms. The summed E-state index contributed by atoms with van der Waals surface area (Å²) in [5.41, 5.74) is 2.26. The van der Waals surface area contributed by atoms with Gasteiger partial charge in [0.25, 0.3) is 5.69 Å². The molecular weight excluding hydrogens is 410 g/mol. The highest BCUT2D eigenvalue weighted by Crippen LogP contribution is 2.29. The number of aryl methyl sites for hydroxylation is 1. The number of nitro groups is 1. The number of benzene rings is 2. The first kappa shape index (κ1) is 23.2. The average Bonchev–Trinajstić information content (AvgIpc) is 2.72. The quantitative estimate of drug-likeness (QED) is 0.517. The number of nitrogens with zero attached hydrogens (tertiary/aromatic N) is 1. The van der Waals surface area contributed by atoms with Gasteiger partial charge in [0.15, 0.2) is 0 Å². The van der Waals surface area contributed by atoms with E-state index in [1.54, 1.807) is 32.9 Å². The minimum absolute atomic E-state index is 0.0336. The third kappa shape index (κ3) is 6.29. The number of fused-ring (bicyclic) bond motifs is 1. The van der Waals surface area contributed by atoms with Gasteiger partial charge in [-0.3, -0.25) is 14.9 Å². The molecular formula is C24H29N3O5. The lowest BCUT2D eigenvalue weighted by Gasteiger charge is -2.29. The van der Waals surface area contributed by atoms with Crippen molar-refractivity contribution in [2.45, 2.75) is 64.1 Å². The molecule has 8 heteroatoms. The Balaban J connectivity index is 1.77. The number of amides is 2. The van der Waals surface area contributed by atoms with Gasteiger partial charge in [-0.25, -0.2) is 4.79 Å². The van der Waals surface area contributed by atoms with E-state index in [2.05, 4.69) is 16.7 Å². The lowest BCUT2D eigenvalue weighted by Crippen LogP contribution is -2.50. The predicted molar refractivity (Wildman–Crippen MR) is 120 cm³/mol. The number of nitrogens with one attached hydrogen (secondary N) is 2. The van der Waals surface area contributed by atoms with E-state index >= 15 is 0 Å². The molecule has 3 rings (SSSR count). The zero-order valence-corrected chi connectivity index (χ0v) is 18.6. The standard InChI is InChI=1S/C24H29N3O5/c1-24(2,3)32-23(29)26-21(15-16-11-13-18(14-12-16)27(30)31)22(28)25-20-10-6-8-17-7-4-5-9-19(17)20/h4-5,7,9,11-14,20-21H,6,8,10,15H2,1-3H3,(H,25,28)(H,26,29). The van der Waals surface area contributed by atoms with Crippen LogP contribution in [-0.4, -0.2) is 28.6 Å². The van der Waals surface area contributed by atoms with Gasteiger partial charge in [-0.1, -0.05) is 36.4 Å². The number of hydrogen-bond donors (Lipinski definition) is 2. The number of carbonyl (C=O) groups is 2. The summed E-state index contributed by atoms with van der Waals surface area (Å²) >= 11 is 0. The zero-order chi connectivity index (χ0) is 23.3. The van der Waals surface area contributed by atoms with Crippen LogP contribution in [0.2, 0.25) is 0 Å². The van der Waals surface area contributed by atoms with E-state index in [9.17, 15) is 19.7 Å². The molecule has 170 valence electrons. The van der Waals surface area contributed by atoms with Crippen LogP contribution >= 0.6 is 0 Å². The fourth-order valence-corrected chi connectivity index (χ4v) is 3.82. The minimum atomic E-state index is -0.889. The molecule has 0 fully saturated rings.